The maximum absolute atomic E-state index is 12.9. The van der Waals surface area contributed by atoms with Crippen molar-refractivity contribution in [3.05, 3.63) is 109 Å². The van der Waals surface area contributed by atoms with Gasteiger partial charge < -0.3 is 24.2 Å². The number of unbranched alkanes of at least 4 members (excludes halogenated alkanes) is 19. The average molecular weight is 1080 g/mol. The number of carbonyl (C=O) groups excluding carboxylic acids is 3. The summed E-state index contributed by atoms with van der Waals surface area (Å²) >= 11 is 0. The first-order valence-corrected chi connectivity index (χ1v) is 31.3. The van der Waals surface area contributed by atoms with Crippen LogP contribution in [0.2, 0.25) is 0 Å². The number of phosphoric ester groups is 1. The molecule has 3 atom stereocenters. The van der Waals surface area contributed by atoms with Crippen molar-refractivity contribution >= 4 is 25.7 Å². The predicted octanol–water partition coefficient (Wildman–Crippen LogP) is 17.8. The minimum atomic E-state index is -4.78. The first-order chi connectivity index (χ1) is 37.2. The Morgan fingerprint density at radius 3 is 1.13 bits per heavy atom. The van der Waals surface area contributed by atoms with Gasteiger partial charge in [-0.2, -0.15) is 0 Å². The Morgan fingerprint density at radius 2 is 0.711 bits per heavy atom. The Morgan fingerprint density at radius 1 is 0.382 bits per heavy atom. The molecule has 0 spiro atoms. The van der Waals surface area contributed by atoms with Crippen molar-refractivity contribution in [1.82, 2.24) is 0 Å². The summed E-state index contributed by atoms with van der Waals surface area (Å²) in [6.07, 6.45) is 69.3. The summed E-state index contributed by atoms with van der Waals surface area (Å²) < 4.78 is 39.4. The van der Waals surface area contributed by atoms with E-state index in [1.165, 1.54) is 83.5 Å². The number of rotatable bonds is 54. The molecule has 0 saturated heterocycles. The third kappa shape index (κ3) is 54.9. The Bertz CT molecular complexity index is 1690. The van der Waals surface area contributed by atoms with E-state index in [1.54, 1.807) is 0 Å². The summed E-state index contributed by atoms with van der Waals surface area (Å²) in [7, 11) is -4.78. The molecule has 0 rings (SSSR count). The minimum absolute atomic E-state index is 0.0369. The Kier molecular flexibility index (Phi) is 54.4. The molecule has 0 radical (unpaired) electrons. The SMILES string of the molecule is CC/C=C\C/C=C\C/C=C\C/C=C\C/C=C\C/C=C\CCC(=O)OC(COC(=O)CCCCCCCCCCCCCCCCCCC)COP(=O)(O)OCC(CO)OC(=O)CCCCC/C=C\C/C=C\C/C=C\CC. The van der Waals surface area contributed by atoms with E-state index in [0.717, 1.165) is 89.9 Å². The molecule has 0 fully saturated rings. The summed E-state index contributed by atoms with van der Waals surface area (Å²) in [5.74, 6) is -1.60. The van der Waals surface area contributed by atoms with Gasteiger partial charge in [-0.25, -0.2) is 4.57 Å². The van der Waals surface area contributed by atoms with Gasteiger partial charge in [-0.3, -0.25) is 23.4 Å². The first kappa shape index (κ1) is 72.1. The van der Waals surface area contributed by atoms with Crippen LogP contribution in [0.4, 0.5) is 0 Å². The van der Waals surface area contributed by atoms with Crippen molar-refractivity contribution < 1.29 is 52.2 Å². The standard InChI is InChI=1S/C64H107O11P/c1-4-7-10-13-16-19-22-25-27-29-30-32-34-37-40-43-46-49-52-55-64(68)75-61(57-71-62(66)53-50-47-44-41-38-36-33-31-28-26-23-20-17-14-11-8-5-2)59-73-76(69,70)72-58-60(56-65)74-63(67)54-51-48-45-42-39-35-24-21-18-15-12-9-6-3/h7,9-10,12,16,18-19,21,25,27,30,32,35,37,39-40,46,49,60-61,65H,4-6,8,11,13-15,17,20,22-24,26,28-29,31,33-34,36,38,41-45,47-48,50-59H2,1-3H3,(H,69,70)/b10-7-,12-9-,19-16-,21-18-,27-25-,32-30-,39-35-,40-37-,49-46-. The number of hydrogen-bond acceptors (Lipinski definition) is 10. The van der Waals surface area contributed by atoms with Crippen LogP contribution in [0.3, 0.4) is 0 Å². The van der Waals surface area contributed by atoms with Gasteiger partial charge in [-0.1, -0.05) is 239 Å². The van der Waals surface area contributed by atoms with Crippen molar-refractivity contribution in [3.8, 4) is 0 Å². The molecule has 0 saturated carbocycles. The van der Waals surface area contributed by atoms with Crippen LogP contribution in [0.15, 0.2) is 109 Å². The van der Waals surface area contributed by atoms with Crippen molar-refractivity contribution in [2.24, 2.45) is 0 Å². The average Bonchev–Trinajstić information content (AvgIpc) is 3.41. The van der Waals surface area contributed by atoms with Gasteiger partial charge >= 0.3 is 25.7 Å². The molecule has 2 N–H and O–H groups in total. The maximum atomic E-state index is 12.9. The molecule has 11 nitrogen and oxygen atoms in total. The van der Waals surface area contributed by atoms with E-state index in [9.17, 15) is 28.9 Å². The molecule has 0 amide bonds. The first-order valence-electron chi connectivity index (χ1n) is 29.8. The Balaban J connectivity index is 4.86. The van der Waals surface area contributed by atoms with Gasteiger partial charge in [0.15, 0.2) is 6.10 Å². The molecule has 0 aromatic rings. The molecule has 3 unspecified atom stereocenters. The number of hydrogen-bond donors (Lipinski definition) is 2. The van der Waals surface area contributed by atoms with Crippen LogP contribution in [-0.2, 0) is 42.2 Å². The highest BCUT2D eigenvalue weighted by molar-refractivity contribution is 7.47. The van der Waals surface area contributed by atoms with Gasteiger partial charge in [0.1, 0.15) is 12.7 Å². The quantitative estimate of drug-likeness (QED) is 0.0197. The third-order valence-corrected chi connectivity index (χ3v) is 13.2. The second kappa shape index (κ2) is 57.3. The summed E-state index contributed by atoms with van der Waals surface area (Å²) in [6.45, 7) is 4.31. The van der Waals surface area contributed by atoms with Gasteiger partial charge in [-0.05, 0) is 89.9 Å². The summed E-state index contributed by atoms with van der Waals surface area (Å²) in [4.78, 5) is 48.5. The van der Waals surface area contributed by atoms with Crippen LogP contribution in [-0.4, -0.2) is 66.5 Å². The van der Waals surface area contributed by atoms with Crippen LogP contribution >= 0.6 is 7.82 Å². The number of aliphatic hydroxyl groups is 1. The zero-order valence-electron chi connectivity index (χ0n) is 47.9. The molecule has 0 aliphatic heterocycles. The van der Waals surface area contributed by atoms with E-state index in [1.807, 2.05) is 12.2 Å². The number of phosphoric acid groups is 1. The van der Waals surface area contributed by atoms with Crippen LogP contribution in [0.25, 0.3) is 0 Å². The fraction of sp³-hybridized carbons (Fsp3) is 0.672. The fourth-order valence-corrected chi connectivity index (χ4v) is 8.53. The lowest BCUT2D eigenvalue weighted by molar-refractivity contribution is -0.161. The van der Waals surface area contributed by atoms with Gasteiger partial charge in [0.25, 0.3) is 0 Å². The van der Waals surface area contributed by atoms with E-state index in [4.69, 9.17) is 23.3 Å². The lowest BCUT2D eigenvalue weighted by Gasteiger charge is -2.21. The van der Waals surface area contributed by atoms with E-state index in [2.05, 4.69) is 118 Å². The van der Waals surface area contributed by atoms with E-state index >= 15 is 0 Å². The Labute approximate surface area is 463 Å². The Hall–Kier alpha value is -3.86. The van der Waals surface area contributed by atoms with Crippen molar-refractivity contribution in [2.75, 3.05) is 26.4 Å². The number of ether oxygens (including phenoxy) is 3. The molecule has 434 valence electrons. The predicted molar refractivity (Wildman–Crippen MR) is 316 cm³/mol. The monoisotopic (exact) mass is 1080 g/mol. The zero-order chi connectivity index (χ0) is 55.5. The van der Waals surface area contributed by atoms with Crippen molar-refractivity contribution in [1.29, 1.82) is 0 Å². The molecule has 0 aliphatic rings. The molecular weight excluding hydrogens is 976 g/mol. The van der Waals surface area contributed by atoms with Gasteiger partial charge in [0.05, 0.1) is 19.8 Å². The highest BCUT2D eigenvalue weighted by Gasteiger charge is 2.28. The molecule has 0 heterocycles. The zero-order valence-corrected chi connectivity index (χ0v) is 48.8. The lowest BCUT2D eigenvalue weighted by Crippen LogP contribution is -2.30. The van der Waals surface area contributed by atoms with Crippen LogP contribution < -0.4 is 0 Å². The normalized spacial score (nSPS) is 14.1. The van der Waals surface area contributed by atoms with Gasteiger partial charge in [0.2, 0.25) is 0 Å². The smallest absolute Gasteiger partial charge is 0.462 e. The lowest BCUT2D eigenvalue weighted by atomic mass is 10.0. The van der Waals surface area contributed by atoms with Crippen molar-refractivity contribution in [2.45, 2.75) is 251 Å². The number of carbonyl (C=O) groups is 3. The number of aliphatic hydroxyl groups excluding tert-OH is 1. The fourth-order valence-electron chi connectivity index (χ4n) is 7.75. The molecule has 76 heavy (non-hydrogen) atoms. The minimum Gasteiger partial charge on any atom is -0.462 e. The van der Waals surface area contributed by atoms with Crippen molar-refractivity contribution in [3.63, 3.8) is 0 Å². The number of esters is 3. The molecule has 0 aromatic heterocycles. The molecule has 0 aromatic carbocycles. The maximum Gasteiger partial charge on any atom is 0.472 e. The van der Waals surface area contributed by atoms with Gasteiger partial charge in [0, 0.05) is 19.3 Å². The molecule has 12 heteroatoms. The summed E-state index contributed by atoms with van der Waals surface area (Å²) in [5, 5.41) is 9.81. The third-order valence-electron chi connectivity index (χ3n) is 12.2. The molecular formula is C64H107O11P. The largest absolute Gasteiger partial charge is 0.472 e. The van der Waals surface area contributed by atoms with Crippen LogP contribution in [0.1, 0.15) is 239 Å². The van der Waals surface area contributed by atoms with Crippen LogP contribution in [0, 0.1) is 0 Å². The highest BCUT2D eigenvalue weighted by Crippen LogP contribution is 2.43. The van der Waals surface area contributed by atoms with E-state index < -0.39 is 57.8 Å². The molecule has 0 bridgehead atoms. The van der Waals surface area contributed by atoms with E-state index in [0.29, 0.717) is 25.7 Å². The van der Waals surface area contributed by atoms with Crippen LogP contribution in [0.5, 0.6) is 0 Å². The molecule has 0 aliphatic carbocycles. The van der Waals surface area contributed by atoms with E-state index in [-0.39, 0.29) is 25.9 Å². The highest BCUT2D eigenvalue weighted by atomic mass is 31.2. The second-order valence-electron chi connectivity index (χ2n) is 19.4. The number of allylic oxidation sites excluding steroid dienone is 18. The second-order valence-corrected chi connectivity index (χ2v) is 20.9. The van der Waals surface area contributed by atoms with Gasteiger partial charge in [-0.15, -0.1) is 0 Å². The summed E-state index contributed by atoms with van der Waals surface area (Å²) in [6, 6.07) is 0. The topological polar surface area (TPSA) is 155 Å². The summed E-state index contributed by atoms with van der Waals surface area (Å²) in [5.41, 5.74) is 0.